The van der Waals surface area contributed by atoms with E-state index in [9.17, 15) is 0 Å². The zero-order chi connectivity index (χ0) is 14.7. The number of aliphatic imine (C=N–C) groups is 1. The van der Waals surface area contributed by atoms with Gasteiger partial charge in [-0.3, -0.25) is 9.67 Å². The average Bonchev–Trinajstić information content (AvgIpc) is 3.19. The number of guanidine groups is 1. The molecule has 3 rings (SSSR count). The minimum absolute atomic E-state index is 0. The standard InChI is InChI=1S/C15H21N5O.HI/c1-16-15(17-9-14-4-3-7-21-14)20-6-5-12(11-20)13-8-18-19(2)10-13;/h3-4,7-8,10,12H,5-6,9,11H2,1-2H3,(H,16,17);1H. The second kappa shape index (κ2) is 7.66. The van der Waals surface area contributed by atoms with E-state index in [0.29, 0.717) is 12.5 Å². The topological polar surface area (TPSA) is 58.6 Å². The molecule has 0 bridgehead atoms. The van der Waals surface area contributed by atoms with Crippen LogP contribution in [0.15, 0.2) is 40.2 Å². The van der Waals surface area contributed by atoms with Crippen LogP contribution in [0.5, 0.6) is 0 Å². The van der Waals surface area contributed by atoms with Crippen molar-refractivity contribution in [1.82, 2.24) is 20.0 Å². The van der Waals surface area contributed by atoms with Crippen molar-refractivity contribution in [3.05, 3.63) is 42.1 Å². The summed E-state index contributed by atoms with van der Waals surface area (Å²) in [6.07, 6.45) is 6.89. The maximum Gasteiger partial charge on any atom is 0.194 e. The fourth-order valence-corrected chi connectivity index (χ4v) is 2.79. The van der Waals surface area contributed by atoms with Crippen LogP contribution in [-0.4, -0.2) is 40.8 Å². The number of likely N-dealkylation sites (tertiary alicyclic amines) is 1. The van der Waals surface area contributed by atoms with Gasteiger partial charge in [0.15, 0.2) is 5.96 Å². The maximum absolute atomic E-state index is 5.34. The SMILES string of the molecule is CN=C(NCc1ccco1)N1CCC(c2cnn(C)c2)C1.I. The lowest BCUT2D eigenvalue weighted by Crippen LogP contribution is -2.39. The number of nitrogens with one attached hydrogen (secondary N) is 1. The van der Waals surface area contributed by atoms with Crippen molar-refractivity contribution in [2.24, 2.45) is 12.0 Å². The highest BCUT2D eigenvalue weighted by molar-refractivity contribution is 14.0. The summed E-state index contributed by atoms with van der Waals surface area (Å²) in [6.45, 7) is 2.65. The lowest BCUT2D eigenvalue weighted by molar-refractivity contribution is 0.465. The summed E-state index contributed by atoms with van der Waals surface area (Å²) in [5, 5.41) is 7.61. The van der Waals surface area contributed by atoms with Gasteiger partial charge in [0, 0.05) is 39.3 Å². The third kappa shape index (κ3) is 3.82. The molecule has 6 nitrogen and oxygen atoms in total. The molecule has 2 aromatic heterocycles. The van der Waals surface area contributed by atoms with Gasteiger partial charge in [-0.2, -0.15) is 5.10 Å². The number of aromatic nitrogens is 2. The highest BCUT2D eigenvalue weighted by atomic mass is 127. The third-order valence-electron chi connectivity index (χ3n) is 3.90. The number of aryl methyl sites for hydroxylation is 1. The second-order valence-corrected chi connectivity index (χ2v) is 5.36. The monoisotopic (exact) mass is 415 g/mol. The molecule has 0 aromatic carbocycles. The van der Waals surface area contributed by atoms with Gasteiger partial charge < -0.3 is 14.6 Å². The van der Waals surface area contributed by atoms with Gasteiger partial charge in [0.05, 0.1) is 19.0 Å². The molecule has 1 unspecified atom stereocenters. The summed E-state index contributed by atoms with van der Waals surface area (Å²) in [5.74, 6) is 2.37. The molecule has 3 heterocycles. The number of rotatable bonds is 3. The first kappa shape index (κ1) is 16.9. The third-order valence-corrected chi connectivity index (χ3v) is 3.90. The van der Waals surface area contributed by atoms with Crippen LogP contribution in [-0.2, 0) is 13.6 Å². The molecular weight excluding hydrogens is 393 g/mol. The summed E-state index contributed by atoms with van der Waals surface area (Å²) in [5.41, 5.74) is 1.31. The molecule has 0 amide bonds. The Morgan fingerprint density at radius 2 is 2.41 bits per heavy atom. The number of furan rings is 1. The first-order chi connectivity index (χ1) is 10.3. The Kier molecular flexibility index (Phi) is 5.87. The minimum Gasteiger partial charge on any atom is -0.467 e. The molecule has 1 saturated heterocycles. The van der Waals surface area contributed by atoms with Crippen LogP contribution in [0.4, 0.5) is 0 Å². The maximum atomic E-state index is 5.34. The van der Waals surface area contributed by atoms with Gasteiger partial charge in [-0.15, -0.1) is 24.0 Å². The number of hydrogen-bond donors (Lipinski definition) is 1. The normalized spacial score (nSPS) is 18.4. The number of nitrogens with zero attached hydrogens (tertiary/aromatic N) is 4. The van der Waals surface area contributed by atoms with E-state index in [2.05, 4.69) is 26.5 Å². The van der Waals surface area contributed by atoms with Crippen LogP contribution in [0.25, 0.3) is 0 Å². The van der Waals surface area contributed by atoms with Gasteiger partial charge in [-0.05, 0) is 24.1 Å². The molecule has 1 fully saturated rings. The molecule has 0 spiro atoms. The highest BCUT2D eigenvalue weighted by Crippen LogP contribution is 2.26. The van der Waals surface area contributed by atoms with Crippen LogP contribution in [0.1, 0.15) is 23.7 Å². The molecule has 120 valence electrons. The lowest BCUT2D eigenvalue weighted by atomic mass is 10.0. The van der Waals surface area contributed by atoms with E-state index < -0.39 is 0 Å². The Balaban J connectivity index is 0.00000176. The van der Waals surface area contributed by atoms with Crippen molar-refractivity contribution in [1.29, 1.82) is 0 Å². The molecule has 0 saturated carbocycles. The average molecular weight is 415 g/mol. The predicted octanol–water partition coefficient (Wildman–Crippen LogP) is 2.20. The fraction of sp³-hybridized carbons (Fsp3) is 0.467. The van der Waals surface area contributed by atoms with E-state index in [4.69, 9.17) is 4.42 Å². The zero-order valence-corrected chi connectivity index (χ0v) is 15.2. The summed E-state index contributed by atoms with van der Waals surface area (Å²) in [4.78, 5) is 6.66. The first-order valence-corrected chi connectivity index (χ1v) is 7.23. The summed E-state index contributed by atoms with van der Waals surface area (Å²) < 4.78 is 7.20. The van der Waals surface area contributed by atoms with Crippen LogP contribution >= 0.6 is 24.0 Å². The van der Waals surface area contributed by atoms with E-state index in [1.54, 1.807) is 6.26 Å². The van der Waals surface area contributed by atoms with E-state index >= 15 is 0 Å². The smallest absolute Gasteiger partial charge is 0.194 e. The molecule has 7 heteroatoms. The Bertz CT molecular complexity index is 607. The van der Waals surface area contributed by atoms with Crippen molar-refractivity contribution in [3.63, 3.8) is 0 Å². The first-order valence-electron chi connectivity index (χ1n) is 7.23. The van der Waals surface area contributed by atoms with Crippen molar-refractivity contribution < 1.29 is 4.42 Å². The largest absolute Gasteiger partial charge is 0.467 e. The molecule has 1 atom stereocenters. The Morgan fingerprint density at radius 3 is 3.05 bits per heavy atom. The lowest BCUT2D eigenvalue weighted by Gasteiger charge is -2.21. The minimum atomic E-state index is 0. The summed E-state index contributed by atoms with van der Waals surface area (Å²) in [7, 11) is 3.78. The summed E-state index contributed by atoms with van der Waals surface area (Å²) in [6, 6.07) is 3.86. The van der Waals surface area contributed by atoms with Gasteiger partial charge in [0.1, 0.15) is 5.76 Å². The molecule has 22 heavy (non-hydrogen) atoms. The van der Waals surface area contributed by atoms with Gasteiger partial charge in [0.25, 0.3) is 0 Å². The Morgan fingerprint density at radius 1 is 1.55 bits per heavy atom. The van der Waals surface area contributed by atoms with Gasteiger partial charge in [-0.1, -0.05) is 0 Å². The van der Waals surface area contributed by atoms with E-state index in [-0.39, 0.29) is 24.0 Å². The predicted molar refractivity (Wildman–Crippen MR) is 96.5 cm³/mol. The van der Waals surface area contributed by atoms with E-state index in [1.165, 1.54) is 5.56 Å². The van der Waals surface area contributed by atoms with Crippen molar-refractivity contribution in [2.75, 3.05) is 20.1 Å². The molecule has 1 N–H and O–H groups in total. The van der Waals surface area contributed by atoms with E-state index in [0.717, 1.165) is 31.2 Å². The number of halogens is 1. The second-order valence-electron chi connectivity index (χ2n) is 5.36. The van der Waals surface area contributed by atoms with Crippen LogP contribution in [0.2, 0.25) is 0 Å². The van der Waals surface area contributed by atoms with Gasteiger partial charge in [-0.25, -0.2) is 0 Å². The van der Waals surface area contributed by atoms with Crippen molar-refractivity contribution in [2.45, 2.75) is 18.9 Å². The van der Waals surface area contributed by atoms with Crippen LogP contribution in [0, 0.1) is 0 Å². The Hall–Kier alpha value is -1.51. The van der Waals surface area contributed by atoms with Crippen molar-refractivity contribution in [3.8, 4) is 0 Å². The fourth-order valence-electron chi connectivity index (χ4n) is 2.79. The van der Waals surface area contributed by atoms with Gasteiger partial charge >= 0.3 is 0 Å². The molecule has 2 aromatic rings. The Labute approximate surface area is 147 Å². The molecule has 0 radical (unpaired) electrons. The molecular formula is C15H22IN5O. The van der Waals surface area contributed by atoms with Crippen LogP contribution in [0.3, 0.4) is 0 Å². The molecule has 1 aliphatic heterocycles. The van der Waals surface area contributed by atoms with E-state index in [1.807, 2.05) is 37.1 Å². The number of hydrogen-bond acceptors (Lipinski definition) is 3. The van der Waals surface area contributed by atoms with Crippen molar-refractivity contribution >= 4 is 29.9 Å². The zero-order valence-electron chi connectivity index (χ0n) is 12.9. The quantitative estimate of drug-likeness (QED) is 0.475. The summed E-state index contributed by atoms with van der Waals surface area (Å²) >= 11 is 0. The van der Waals surface area contributed by atoms with Crippen LogP contribution < -0.4 is 5.32 Å². The highest BCUT2D eigenvalue weighted by Gasteiger charge is 2.26. The molecule has 1 aliphatic rings. The van der Waals surface area contributed by atoms with Gasteiger partial charge in [0.2, 0.25) is 0 Å². The molecule has 0 aliphatic carbocycles.